The van der Waals surface area contributed by atoms with Gasteiger partial charge >= 0.3 is 5.97 Å². The van der Waals surface area contributed by atoms with E-state index < -0.39 is 0 Å². The minimum absolute atomic E-state index is 0.346. The lowest BCUT2D eigenvalue weighted by Gasteiger charge is -2.02. The molecule has 3 rings (SSSR count). The van der Waals surface area contributed by atoms with Crippen molar-refractivity contribution in [3.63, 3.8) is 0 Å². The fourth-order valence-corrected chi connectivity index (χ4v) is 3.24. The number of hydrogen-bond donors (Lipinski definition) is 0. The number of carbonyl (C=O) groups is 1. The molecule has 0 unspecified atom stereocenters. The molecule has 0 saturated heterocycles. The van der Waals surface area contributed by atoms with E-state index in [1.54, 1.807) is 12.1 Å². The third-order valence-corrected chi connectivity index (χ3v) is 4.48. The van der Waals surface area contributed by atoms with Crippen LogP contribution in [-0.2, 0) is 10.5 Å². The van der Waals surface area contributed by atoms with Crippen LogP contribution < -0.4 is 0 Å². The van der Waals surface area contributed by atoms with E-state index in [1.807, 2.05) is 38.1 Å². The quantitative estimate of drug-likeness (QED) is 0.499. The van der Waals surface area contributed by atoms with Gasteiger partial charge in [-0.1, -0.05) is 41.1 Å². The van der Waals surface area contributed by atoms with Crippen LogP contribution in [0.25, 0.3) is 11.5 Å². The van der Waals surface area contributed by atoms with Gasteiger partial charge in [0.2, 0.25) is 5.89 Å². The zero-order chi connectivity index (χ0) is 17.8. The zero-order valence-electron chi connectivity index (χ0n) is 14.3. The lowest BCUT2D eigenvalue weighted by atomic mass is 10.1. The second-order valence-corrected chi connectivity index (χ2v) is 6.66. The molecule has 1 aromatic heterocycles. The number of carbonyl (C=O) groups excluding carboxylic acids is 1. The van der Waals surface area contributed by atoms with Gasteiger partial charge in [0.05, 0.1) is 12.7 Å². The van der Waals surface area contributed by atoms with Crippen molar-refractivity contribution in [1.82, 2.24) is 10.2 Å². The van der Waals surface area contributed by atoms with Crippen LogP contribution in [0.2, 0.25) is 0 Å². The molecule has 0 amide bonds. The SMILES string of the molecule is COC(=O)c1cccc(CSc2nnc(-c3cc(C)cc(C)c3)o2)c1. The first kappa shape index (κ1) is 17.2. The minimum atomic E-state index is -0.346. The van der Waals surface area contributed by atoms with Crippen LogP contribution in [0.3, 0.4) is 0 Å². The standard InChI is InChI=1S/C19H18N2O3S/c1-12-7-13(2)9-16(8-12)17-20-21-19(24-17)25-11-14-5-4-6-15(10-14)18(22)23-3/h4-10H,11H2,1-3H3. The van der Waals surface area contributed by atoms with Crippen LogP contribution in [0.1, 0.15) is 27.0 Å². The number of hydrogen-bond acceptors (Lipinski definition) is 6. The summed E-state index contributed by atoms with van der Waals surface area (Å²) in [6.07, 6.45) is 0. The van der Waals surface area contributed by atoms with Gasteiger partial charge in [-0.25, -0.2) is 4.79 Å². The van der Waals surface area contributed by atoms with Crippen molar-refractivity contribution in [2.75, 3.05) is 7.11 Å². The van der Waals surface area contributed by atoms with E-state index >= 15 is 0 Å². The molecule has 0 spiro atoms. The molecular formula is C19H18N2O3S. The average Bonchev–Trinajstić information content (AvgIpc) is 3.08. The molecule has 1 heterocycles. The van der Waals surface area contributed by atoms with E-state index in [-0.39, 0.29) is 5.97 Å². The molecule has 2 aromatic carbocycles. The summed E-state index contributed by atoms with van der Waals surface area (Å²) in [7, 11) is 1.37. The van der Waals surface area contributed by atoms with Gasteiger partial charge in [-0.2, -0.15) is 0 Å². The summed E-state index contributed by atoms with van der Waals surface area (Å²) in [6.45, 7) is 4.08. The largest absolute Gasteiger partial charge is 0.465 e. The van der Waals surface area contributed by atoms with Gasteiger partial charge in [0.25, 0.3) is 5.22 Å². The number of nitrogens with zero attached hydrogens (tertiary/aromatic N) is 2. The van der Waals surface area contributed by atoms with E-state index in [1.165, 1.54) is 18.9 Å². The Morgan fingerprint density at radius 3 is 2.60 bits per heavy atom. The van der Waals surface area contributed by atoms with Crippen molar-refractivity contribution < 1.29 is 13.9 Å². The molecule has 0 fully saturated rings. The van der Waals surface area contributed by atoms with Crippen LogP contribution in [0, 0.1) is 13.8 Å². The maximum atomic E-state index is 11.6. The van der Waals surface area contributed by atoms with Gasteiger partial charge in [0.1, 0.15) is 0 Å². The Balaban J connectivity index is 1.71. The number of thioether (sulfide) groups is 1. The topological polar surface area (TPSA) is 65.2 Å². The Morgan fingerprint density at radius 1 is 1.12 bits per heavy atom. The average molecular weight is 354 g/mol. The lowest BCUT2D eigenvalue weighted by Crippen LogP contribution is -2.01. The molecule has 0 aliphatic rings. The maximum absolute atomic E-state index is 11.6. The molecule has 0 saturated carbocycles. The normalized spacial score (nSPS) is 10.7. The first-order chi connectivity index (χ1) is 12.0. The Labute approximate surface area is 150 Å². The van der Waals surface area contributed by atoms with E-state index in [2.05, 4.69) is 16.3 Å². The highest BCUT2D eigenvalue weighted by Crippen LogP contribution is 2.27. The van der Waals surface area contributed by atoms with Crippen molar-refractivity contribution in [3.8, 4) is 11.5 Å². The second kappa shape index (κ2) is 7.53. The number of aryl methyl sites for hydroxylation is 2. The highest BCUT2D eigenvalue weighted by molar-refractivity contribution is 7.98. The van der Waals surface area contributed by atoms with Crippen molar-refractivity contribution >= 4 is 17.7 Å². The van der Waals surface area contributed by atoms with Gasteiger partial charge in [0, 0.05) is 11.3 Å². The summed E-state index contributed by atoms with van der Waals surface area (Å²) >= 11 is 1.43. The van der Waals surface area contributed by atoms with Gasteiger partial charge in [-0.05, 0) is 43.7 Å². The number of rotatable bonds is 5. The summed E-state index contributed by atoms with van der Waals surface area (Å²) < 4.78 is 10.5. The minimum Gasteiger partial charge on any atom is -0.465 e. The van der Waals surface area contributed by atoms with Gasteiger partial charge in [0.15, 0.2) is 0 Å². The molecule has 0 aliphatic carbocycles. The Hall–Kier alpha value is -2.60. The fraction of sp³-hybridized carbons (Fsp3) is 0.211. The van der Waals surface area contributed by atoms with Crippen LogP contribution in [0.15, 0.2) is 52.1 Å². The van der Waals surface area contributed by atoms with Crippen molar-refractivity contribution in [2.24, 2.45) is 0 Å². The van der Waals surface area contributed by atoms with E-state index in [4.69, 9.17) is 9.15 Å². The Kier molecular flexibility index (Phi) is 5.19. The first-order valence-corrected chi connectivity index (χ1v) is 8.76. The van der Waals surface area contributed by atoms with E-state index in [0.717, 1.165) is 22.3 Å². The molecule has 0 radical (unpaired) electrons. The van der Waals surface area contributed by atoms with E-state index in [9.17, 15) is 4.79 Å². The number of esters is 1. The Morgan fingerprint density at radius 2 is 1.88 bits per heavy atom. The predicted molar refractivity (Wildman–Crippen MR) is 96.6 cm³/mol. The fourth-order valence-electron chi connectivity index (χ4n) is 2.53. The summed E-state index contributed by atoms with van der Waals surface area (Å²) in [5.74, 6) is 0.790. The molecule has 0 bridgehead atoms. The maximum Gasteiger partial charge on any atom is 0.337 e. The zero-order valence-corrected chi connectivity index (χ0v) is 15.1. The monoisotopic (exact) mass is 354 g/mol. The smallest absolute Gasteiger partial charge is 0.337 e. The first-order valence-electron chi connectivity index (χ1n) is 7.77. The third-order valence-electron chi connectivity index (χ3n) is 3.59. The molecule has 0 N–H and O–H groups in total. The molecule has 128 valence electrons. The van der Waals surface area contributed by atoms with Gasteiger partial charge in [-0.15, -0.1) is 10.2 Å². The molecule has 3 aromatic rings. The highest BCUT2D eigenvalue weighted by Gasteiger charge is 2.11. The molecule has 0 atom stereocenters. The highest BCUT2D eigenvalue weighted by atomic mass is 32.2. The van der Waals surface area contributed by atoms with Crippen molar-refractivity contribution in [2.45, 2.75) is 24.8 Å². The third kappa shape index (κ3) is 4.28. The van der Waals surface area contributed by atoms with Crippen LogP contribution in [-0.4, -0.2) is 23.3 Å². The predicted octanol–water partition coefficient (Wildman–Crippen LogP) is 4.43. The van der Waals surface area contributed by atoms with Crippen LogP contribution in [0.5, 0.6) is 0 Å². The lowest BCUT2D eigenvalue weighted by molar-refractivity contribution is 0.0600. The molecular weight excluding hydrogens is 336 g/mol. The summed E-state index contributed by atoms with van der Waals surface area (Å²) in [5.41, 5.74) is 4.75. The van der Waals surface area contributed by atoms with Crippen molar-refractivity contribution in [3.05, 3.63) is 64.7 Å². The summed E-state index contributed by atoms with van der Waals surface area (Å²) in [4.78, 5) is 11.6. The summed E-state index contributed by atoms with van der Waals surface area (Å²) in [6, 6.07) is 13.5. The number of methoxy groups -OCH3 is 1. The summed E-state index contributed by atoms with van der Waals surface area (Å²) in [5, 5.41) is 8.72. The van der Waals surface area contributed by atoms with Crippen LogP contribution >= 0.6 is 11.8 Å². The van der Waals surface area contributed by atoms with E-state index in [0.29, 0.717) is 22.4 Å². The number of ether oxygens (including phenoxy) is 1. The Bertz CT molecular complexity index is 885. The van der Waals surface area contributed by atoms with Gasteiger partial charge < -0.3 is 9.15 Å². The van der Waals surface area contributed by atoms with Gasteiger partial charge in [-0.3, -0.25) is 0 Å². The number of benzene rings is 2. The molecule has 25 heavy (non-hydrogen) atoms. The van der Waals surface area contributed by atoms with Crippen molar-refractivity contribution in [1.29, 1.82) is 0 Å². The molecule has 5 nitrogen and oxygen atoms in total. The molecule has 0 aliphatic heterocycles. The molecule has 6 heteroatoms. The number of aromatic nitrogens is 2. The van der Waals surface area contributed by atoms with Crippen LogP contribution in [0.4, 0.5) is 0 Å². The second-order valence-electron chi connectivity index (χ2n) is 5.73.